The van der Waals surface area contributed by atoms with Crippen LogP contribution in [-0.4, -0.2) is 16.1 Å². The number of nitrogens with zero attached hydrogens (tertiary/aromatic N) is 1. The third-order valence-corrected chi connectivity index (χ3v) is 4.80. The molecule has 1 aliphatic rings. The highest BCUT2D eigenvalue weighted by Gasteiger charge is 2.25. The van der Waals surface area contributed by atoms with E-state index in [0.29, 0.717) is 16.5 Å². The van der Waals surface area contributed by atoms with Crippen molar-refractivity contribution in [3.63, 3.8) is 0 Å². The molecular formula is C15H15NO2S. The number of rotatable bonds is 3. The van der Waals surface area contributed by atoms with Crippen LogP contribution in [0.25, 0.3) is 11.3 Å². The molecule has 2 aromatic rings. The third-order valence-electron chi connectivity index (χ3n) is 3.59. The van der Waals surface area contributed by atoms with E-state index in [2.05, 4.69) is 4.98 Å². The summed E-state index contributed by atoms with van der Waals surface area (Å²) < 4.78 is 0. The van der Waals surface area contributed by atoms with Crippen molar-refractivity contribution >= 4 is 17.3 Å². The van der Waals surface area contributed by atoms with Gasteiger partial charge in [-0.1, -0.05) is 43.2 Å². The Bertz CT molecular complexity index is 585. The van der Waals surface area contributed by atoms with Gasteiger partial charge in [0.05, 0.1) is 10.7 Å². The Labute approximate surface area is 115 Å². The summed E-state index contributed by atoms with van der Waals surface area (Å²) in [5.74, 6) is -0.416. The fourth-order valence-corrected chi connectivity index (χ4v) is 3.72. The van der Waals surface area contributed by atoms with Crippen molar-refractivity contribution in [2.75, 3.05) is 0 Å². The molecule has 1 N–H and O–H groups in total. The summed E-state index contributed by atoms with van der Waals surface area (Å²) in [4.78, 5) is 16.4. The van der Waals surface area contributed by atoms with Crippen LogP contribution in [0, 0.1) is 0 Å². The molecule has 19 heavy (non-hydrogen) atoms. The molecule has 1 heterocycles. The van der Waals surface area contributed by atoms with Gasteiger partial charge in [0.15, 0.2) is 0 Å². The molecule has 0 radical (unpaired) electrons. The normalized spacial score (nSPS) is 15.8. The SMILES string of the molecule is O=C(O)c1sc(C2CCCC2)nc1-c1ccccc1. The molecule has 0 aliphatic heterocycles. The maximum Gasteiger partial charge on any atom is 0.348 e. The summed E-state index contributed by atoms with van der Waals surface area (Å²) in [6.45, 7) is 0. The smallest absolute Gasteiger partial charge is 0.348 e. The Morgan fingerprint density at radius 2 is 1.89 bits per heavy atom. The van der Waals surface area contributed by atoms with E-state index >= 15 is 0 Å². The highest BCUT2D eigenvalue weighted by Crippen LogP contribution is 2.39. The molecule has 1 aliphatic carbocycles. The number of carboxylic acid groups (broad SMARTS) is 1. The zero-order valence-electron chi connectivity index (χ0n) is 10.5. The van der Waals surface area contributed by atoms with Crippen molar-refractivity contribution in [1.82, 2.24) is 4.98 Å². The number of hydrogen-bond acceptors (Lipinski definition) is 3. The Balaban J connectivity index is 2.05. The molecule has 1 saturated carbocycles. The maximum absolute atomic E-state index is 11.4. The summed E-state index contributed by atoms with van der Waals surface area (Å²) in [7, 11) is 0. The molecule has 4 heteroatoms. The number of aromatic carboxylic acids is 1. The second-order valence-corrected chi connectivity index (χ2v) is 5.91. The highest BCUT2D eigenvalue weighted by molar-refractivity contribution is 7.14. The maximum atomic E-state index is 11.4. The summed E-state index contributed by atoms with van der Waals surface area (Å²) in [5, 5.41) is 10.3. The molecule has 3 nitrogen and oxygen atoms in total. The molecule has 0 unspecified atom stereocenters. The van der Waals surface area contributed by atoms with E-state index < -0.39 is 5.97 Å². The first-order valence-electron chi connectivity index (χ1n) is 6.55. The fraction of sp³-hybridized carbons (Fsp3) is 0.333. The summed E-state index contributed by atoms with van der Waals surface area (Å²) in [6.07, 6.45) is 4.74. The first-order chi connectivity index (χ1) is 9.25. The van der Waals surface area contributed by atoms with Gasteiger partial charge in [-0.05, 0) is 12.8 Å². The van der Waals surface area contributed by atoms with E-state index in [4.69, 9.17) is 0 Å². The zero-order chi connectivity index (χ0) is 13.2. The van der Waals surface area contributed by atoms with Crippen LogP contribution >= 0.6 is 11.3 Å². The molecule has 1 aromatic heterocycles. The number of hydrogen-bond donors (Lipinski definition) is 1. The monoisotopic (exact) mass is 273 g/mol. The lowest BCUT2D eigenvalue weighted by Crippen LogP contribution is -1.95. The zero-order valence-corrected chi connectivity index (χ0v) is 11.3. The lowest BCUT2D eigenvalue weighted by molar-refractivity contribution is 0.0702. The van der Waals surface area contributed by atoms with Gasteiger partial charge < -0.3 is 5.11 Å². The molecular weight excluding hydrogens is 258 g/mol. The first-order valence-corrected chi connectivity index (χ1v) is 7.37. The Kier molecular flexibility index (Phi) is 3.34. The van der Waals surface area contributed by atoms with Crippen molar-refractivity contribution < 1.29 is 9.90 Å². The van der Waals surface area contributed by atoms with Gasteiger partial charge in [0.2, 0.25) is 0 Å². The van der Waals surface area contributed by atoms with E-state index in [0.717, 1.165) is 23.4 Å². The summed E-state index contributed by atoms with van der Waals surface area (Å²) in [5.41, 5.74) is 1.51. The topological polar surface area (TPSA) is 50.2 Å². The van der Waals surface area contributed by atoms with Gasteiger partial charge in [-0.2, -0.15) is 0 Å². The van der Waals surface area contributed by atoms with Crippen LogP contribution in [0.5, 0.6) is 0 Å². The van der Waals surface area contributed by atoms with E-state index in [-0.39, 0.29) is 0 Å². The third kappa shape index (κ3) is 2.40. The molecule has 0 atom stereocenters. The van der Waals surface area contributed by atoms with Gasteiger partial charge in [-0.15, -0.1) is 11.3 Å². The van der Waals surface area contributed by atoms with Crippen LogP contribution in [0.3, 0.4) is 0 Å². The Hall–Kier alpha value is -1.68. The van der Waals surface area contributed by atoms with Crippen molar-refractivity contribution in [1.29, 1.82) is 0 Å². The van der Waals surface area contributed by atoms with Gasteiger partial charge in [0.25, 0.3) is 0 Å². The molecule has 98 valence electrons. The Morgan fingerprint density at radius 3 is 2.53 bits per heavy atom. The van der Waals surface area contributed by atoms with Crippen molar-refractivity contribution in [2.24, 2.45) is 0 Å². The van der Waals surface area contributed by atoms with Crippen LogP contribution < -0.4 is 0 Å². The standard InChI is InChI=1S/C15H15NO2S/c17-15(18)13-12(10-6-2-1-3-7-10)16-14(19-13)11-8-4-5-9-11/h1-3,6-7,11H,4-5,8-9H2,(H,17,18). The van der Waals surface area contributed by atoms with Crippen molar-refractivity contribution in [3.05, 3.63) is 40.2 Å². The minimum absolute atomic E-state index is 0.369. The van der Waals surface area contributed by atoms with Crippen LogP contribution in [0.1, 0.15) is 46.3 Å². The van der Waals surface area contributed by atoms with Gasteiger partial charge >= 0.3 is 5.97 Å². The molecule has 1 aromatic carbocycles. The van der Waals surface area contributed by atoms with Crippen LogP contribution in [0.15, 0.2) is 30.3 Å². The second kappa shape index (κ2) is 5.13. The van der Waals surface area contributed by atoms with E-state index in [9.17, 15) is 9.90 Å². The van der Waals surface area contributed by atoms with Gasteiger partial charge in [-0.25, -0.2) is 9.78 Å². The van der Waals surface area contributed by atoms with E-state index in [1.807, 2.05) is 30.3 Å². The van der Waals surface area contributed by atoms with Crippen LogP contribution in [-0.2, 0) is 0 Å². The average Bonchev–Trinajstić information content (AvgIpc) is 3.08. The first kappa shape index (κ1) is 12.4. The molecule has 0 spiro atoms. The van der Waals surface area contributed by atoms with Gasteiger partial charge in [0, 0.05) is 11.5 Å². The van der Waals surface area contributed by atoms with Crippen LogP contribution in [0.2, 0.25) is 0 Å². The lowest BCUT2D eigenvalue weighted by Gasteiger charge is -2.02. The van der Waals surface area contributed by atoms with Crippen molar-refractivity contribution in [2.45, 2.75) is 31.6 Å². The Morgan fingerprint density at radius 1 is 1.21 bits per heavy atom. The van der Waals surface area contributed by atoms with E-state index in [1.165, 1.54) is 24.2 Å². The molecule has 0 amide bonds. The molecule has 0 saturated heterocycles. The number of benzene rings is 1. The fourth-order valence-electron chi connectivity index (χ4n) is 2.62. The number of carboxylic acids is 1. The lowest BCUT2D eigenvalue weighted by atomic mass is 10.1. The predicted octanol–water partition coefficient (Wildman–Crippen LogP) is 4.17. The van der Waals surface area contributed by atoms with E-state index in [1.54, 1.807) is 0 Å². The van der Waals surface area contributed by atoms with Gasteiger partial charge in [0.1, 0.15) is 4.88 Å². The average molecular weight is 273 g/mol. The quantitative estimate of drug-likeness (QED) is 0.913. The largest absolute Gasteiger partial charge is 0.477 e. The molecule has 1 fully saturated rings. The highest BCUT2D eigenvalue weighted by atomic mass is 32.1. The summed E-state index contributed by atoms with van der Waals surface area (Å²) >= 11 is 1.35. The van der Waals surface area contributed by atoms with Crippen molar-refractivity contribution in [3.8, 4) is 11.3 Å². The number of carbonyl (C=O) groups is 1. The minimum atomic E-state index is -0.874. The molecule has 0 bridgehead atoms. The second-order valence-electron chi connectivity index (χ2n) is 4.88. The van der Waals surface area contributed by atoms with Gasteiger partial charge in [-0.3, -0.25) is 0 Å². The van der Waals surface area contributed by atoms with Crippen LogP contribution in [0.4, 0.5) is 0 Å². The summed E-state index contributed by atoms with van der Waals surface area (Å²) in [6, 6.07) is 9.58. The minimum Gasteiger partial charge on any atom is -0.477 e. The number of thiazole rings is 1. The number of aromatic nitrogens is 1. The molecule has 3 rings (SSSR count). The predicted molar refractivity (Wildman–Crippen MR) is 75.7 cm³/mol.